The van der Waals surface area contributed by atoms with Crippen molar-refractivity contribution in [1.82, 2.24) is 5.32 Å². The van der Waals surface area contributed by atoms with Crippen molar-refractivity contribution >= 4 is 17.6 Å². The molecule has 0 bridgehead atoms. The molecule has 10 heteroatoms. The van der Waals surface area contributed by atoms with Gasteiger partial charge in [0.15, 0.2) is 13.4 Å². The van der Waals surface area contributed by atoms with Crippen LogP contribution in [0.15, 0.2) is 42.5 Å². The Kier molecular flexibility index (Phi) is 6.81. The summed E-state index contributed by atoms with van der Waals surface area (Å²) in [6.07, 6.45) is 0. The van der Waals surface area contributed by atoms with Crippen LogP contribution in [0.4, 0.5) is 5.69 Å². The van der Waals surface area contributed by atoms with Crippen LogP contribution in [0.3, 0.4) is 0 Å². The summed E-state index contributed by atoms with van der Waals surface area (Å²) < 4.78 is 21.1. The molecule has 1 N–H and O–H groups in total. The Bertz CT molecular complexity index is 932. The van der Waals surface area contributed by atoms with Gasteiger partial charge >= 0.3 is 5.97 Å². The molecule has 1 unspecified atom stereocenters. The van der Waals surface area contributed by atoms with Crippen LogP contribution < -0.4 is 14.8 Å². The first-order valence-electron chi connectivity index (χ1n) is 9.08. The van der Waals surface area contributed by atoms with E-state index in [1.807, 2.05) is 6.07 Å². The molecular formula is C20H20N2O8. The zero-order chi connectivity index (χ0) is 21.5. The smallest absolute Gasteiger partial charge is 0.328 e. The van der Waals surface area contributed by atoms with Crippen molar-refractivity contribution in [2.24, 2.45) is 0 Å². The Morgan fingerprint density at radius 3 is 2.77 bits per heavy atom. The molecule has 0 aromatic heterocycles. The lowest BCUT2D eigenvalue weighted by Crippen LogP contribution is -2.41. The van der Waals surface area contributed by atoms with Gasteiger partial charge in [-0.15, -0.1) is 0 Å². The largest absolute Gasteiger partial charge is 0.484 e. The van der Waals surface area contributed by atoms with Crippen molar-refractivity contribution < 1.29 is 33.5 Å². The molecule has 0 saturated heterocycles. The molecule has 1 heterocycles. The average molecular weight is 416 g/mol. The number of nitro benzene ring substituents is 1. The predicted molar refractivity (Wildman–Crippen MR) is 103 cm³/mol. The van der Waals surface area contributed by atoms with Crippen molar-refractivity contribution in [3.05, 3.63) is 63.7 Å². The molecule has 3 rings (SSSR count). The van der Waals surface area contributed by atoms with E-state index in [9.17, 15) is 19.7 Å². The van der Waals surface area contributed by atoms with E-state index in [1.54, 1.807) is 24.3 Å². The molecule has 2 aromatic rings. The van der Waals surface area contributed by atoms with Crippen LogP contribution >= 0.6 is 0 Å². The highest BCUT2D eigenvalue weighted by molar-refractivity contribution is 5.85. The Morgan fingerprint density at radius 1 is 1.27 bits per heavy atom. The number of ether oxygens (including phenoxy) is 4. The van der Waals surface area contributed by atoms with Crippen LogP contribution in [0.2, 0.25) is 0 Å². The van der Waals surface area contributed by atoms with Crippen LogP contribution in [0.25, 0.3) is 0 Å². The molecule has 0 spiro atoms. The van der Waals surface area contributed by atoms with Crippen LogP contribution in [-0.2, 0) is 32.3 Å². The van der Waals surface area contributed by atoms with E-state index in [0.717, 1.165) is 0 Å². The predicted octanol–water partition coefficient (Wildman–Crippen LogP) is 2.09. The van der Waals surface area contributed by atoms with E-state index < -0.39 is 22.8 Å². The number of nitro groups is 1. The van der Waals surface area contributed by atoms with Crippen molar-refractivity contribution in [2.45, 2.75) is 26.2 Å². The SMILES string of the molecule is CC(NC(=O)COc1ccccc1)C(=O)OCc1cc([N+](=O)[O-])cc2c1OCOC2. The van der Waals surface area contributed by atoms with Gasteiger partial charge in [0.25, 0.3) is 11.6 Å². The van der Waals surface area contributed by atoms with E-state index in [2.05, 4.69) is 5.32 Å². The minimum atomic E-state index is -0.935. The summed E-state index contributed by atoms with van der Waals surface area (Å²) in [7, 11) is 0. The van der Waals surface area contributed by atoms with Crippen molar-refractivity contribution in [1.29, 1.82) is 0 Å². The number of hydrogen-bond donors (Lipinski definition) is 1. The fourth-order valence-electron chi connectivity index (χ4n) is 2.78. The van der Waals surface area contributed by atoms with Gasteiger partial charge in [0.1, 0.15) is 24.1 Å². The number of nitrogens with one attached hydrogen (secondary N) is 1. The van der Waals surface area contributed by atoms with E-state index in [1.165, 1.54) is 19.1 Å². The van der Waals surface area contributed by atoms with Gasteiger partial charge in [-0.05, 0) is 19.1 Å². The van der Waals surface area contributed by atoms with Crippen LogP contribution in [0, 0.1) is 10.1 Å². The molecule has 158 valence electrons. The lowest BCUT2D eigenvalue weighted by molar-refractivity contribution is -0.385. The van der Waals surface area contributed by atoms with Gasteiger partial charge in [-0.1, -0.05) is 18.2 Å². The summed E-state index contributed by atoms with van der Waals surface area (Å²) in [5.74, 6) is -0.262. The minimum absolute atomic E-state index is 0.000365. The molecule has 30 heavy (non-hydrogen) atoms. The molecule has 0 aliphatic carbocycles. The lowest BCUT2D eigenvalue weighted by atomic mass is 10.1. The van der Waals surface area contributed by atoms with Gasteiger partial charge in [0.05, 0.1) is 11.5 Å². The molecule has 0 radical (unpaired) electrons. The molecule has 1 aliphatic rings. The van der Waals surface area contributed by atoms with Gasteiger partial charge in [0, 0.05) is 23.3 Å². The lowest BCUT2D eigenvalue weighted by Gasteiger charge is -2.21. The van der Waals surface area contributed by atoms with Gasteiger partial charge in [0.2, 0.25) is 0 Å². The van der Waals surface area contributed by atoms with Crippen molar-refractivity contribution in [2.75, 3.05) is 13.4 Å². The number of amides is 1. The van der Waals surface area contributed by atoms with Gasteiger partial charge in [-0.2, -0.15) is 0 Å². The molecule has 0 fully saturated rings. The fraction of sp³-hybridized carbons (Fsp3) is 0.300. The number of esters is 1. The summed E-state index contributed by atoms with van der Waals surface area (Å²) in [5.41, 5.74) is 0.691. The highest BCUT2D eigenvalue weighted by Crippen LogP contribution is 2.33. The van der Waals surface area contributed by atoms with Crippen LogP contribution in [0.1, 0.15) is 18.1 Å². The first-order valence-corrected chi connectivity index (χ1v) is 9.08. The number of para-hydroxylation sites is 1. The topological polar surface area (TPSA) is 126 Å². The molecule has 10 nitrogen and oxygen atoms in total. The second-order valence-corrected chi connectivity index (χ2v) is 6.46. The molecular weight excluding hydrogens is 396 g/mol. The fourth-order valence-corrected chi connectivity index (χ4v) is 2.78. The zero-order valence-corrected chi connectivity index (χ0v) is 16.2. The standard InChI is InChI=1S/C20H20N2O8/c1-13(21-18(23)11-28-17-5-3-2-4-6-17)20(24)29-10-15-8-16(22(25)26)7-14-9-27-12-30-19(14)15/h2-8,13H,9-12H2,1H3,(H,21,23). The third kappa shape index (κ3) is 5.45. The third-order valence-electron chi connectivity index (χ3n) is 4.20. The second-order valence-electron chi connectivity index (χ2n) is 6.46. The van der Waals surface area contributed by atoms with Crippen LogP contribution in [0.5, 0.6) is 11.5 Å². The van der Waals surface area contributed by atoms with Crippen molar-refractivity contribution in [3.63, 3.8) is 0 Å². The summed E-state index contributed by atoms with van der Waals surface area (Å²) in [4.78, 5) is 34.8. The minimum Gasteiger partial charge on any atom is -0.484 e. The number of carbonyl (C=O) groups is 2. The van der Waals surface area contributed by atoms with E-state index in [4.69, 9.17) is 18.9 Å². The zero-order valence-electron chi connectivity index (χ0n) is 16.2. The summed E-state index contributed by atoms with van der Waals surface area (Å²) in [6, 6.07) is 10.5. The van der Waals surface area contributed by atoms with Crippen LogP contribution in [-0.4, -0.2) is 36.2 Å². The average Bonchev–Trinajstić information content (AvgIpc) is 2.76. The highest BCUT2D eigenvalue weighted by Gasteiger charge is 2.23. The molecule has 2 aromatic carbocycles. The maximum atomic E-state index is 12.2. The normalized spacial score (nSPS) is 13.4. The Hall–Kier alpha value is -3.66. The number of nitrogens with zero attached hydrogens (tertiary/aromatic N) is 1. The number of non-ortho nitro benzene ring substituents is 1. The van der Waals surface area contributed by atoms with E-state index >= 15 is 0 Å². The number of hydrogen-bond acceptors (Lipinski definition) is 8. The number of carbonyl (C=O) groups excluding carboxylic acids is 2. The number of benzene rings is 2. The second kappa shape index (κ2) is 9.70. The summed E-state index contributed by atoms with van der Waals surface area (Å²) >= 11 is 0. The Labute approximate surface area is 171 Å². The number of rotatable bonds is 8. The molecule has 0 saturated carbocycles. The summed E-state index contributed by atoms with van der Waals surface area (Å²) in [6.45, 7) is 1.12. The number of fused-ring (bicyclic) bond motifs is 1. The molecule has 1 atom stereocenters. The van der Waals surface area contributed by atoms with E-state index in [0.29, 0.717) is 22.6 Å². The van der Waals surface area contributed by atoms with Crippen molar-refractivity contribution in [3.8, 4) is 11.5 Å². The van der Waals surface area contributed by atoms with E-state index in [-0.39, 0.29) is 32.3 Å². The molecule has 1 amide bonds. The van der Waals surface area contributed by atoms with Gasteiger partial charge in [-0.3, -0.25) is 14.9 Å². The molecule has 1 aliphatic heterocycles. The maximum absolute atomic E-state index is 12.2. The quantitative estimate of drug-likeness (QED) is 0.394. The van der Waals surface area contributed by atoms with Gasteiger partial charge < -0.3 is 24.3 Å². The maximum Gasteiger partial charge on any atom is 0.328 e. The highest BCUT2D eigenvalue weighted by atomic mass is 16.7. The monoisotopic (exact) mass is 416 g/mol. The Morgan fingerprint density at radius 2 is 2.03 bits per heavy atom. The first-order chi connectivity index (χ1) is 14.4. The Balaban J connectivity index is 1.55. The first kappa shape index (κ1) is 21.1. The van der Waals surface area contributed by atoms with Gasteiger partial charge in [-0.25, -0.2) is 4.79 Å². The third-order valence-corrected chi connectivity index (χ3v) is 4.20. The summed E-state index contributed by atoms with van der Waals surface area (Å²) in [5, 5.41) is 13.6.